The van der Waals surface area contributed by atoms with Gasteiger partial charge in [-0.2, -0.15) is 0 Å². The molecule has 0 aliphatic carbocycles. The highest BCUT2D eigenvalue weighted by Gasteiger charge is 2.17. The van der Waals surface area contributed by atoms with E-state index in [4.69, 9.17) is 4.74 Å². The Bertz CT molecular complexity index is 1130. The molecular weight excluding hydrogens is 388 g/mol. The number of para-hydroxylation sites is 2. The van der Waals surface area contributed by atoms with E-state index in [1.54, 1.807) is 67.6 Å². The molecule has 0 saturated carbocycles. The number of ether oxygens (including phenoxy) is 1. The van der Waals surface area contributed by atoms with E-state index in [2.05, 4.69) is 10.0 Å². The summed E-state index contributed by atoms with van der Waals surface area (Å²) < 4.78 is 33.4. The number of carbonyl (C=O) groups excluding carboxylic acids is 1. The molecule has 0 radical (unpaired) electrons. The van der Waals surface area contributed by atoms with Crippen LogP contribution in [0.4, 0.5) is 11.4 Å². The second-order valence-electron chi connectivity index (χ2n) is 6.34. The van der Waals surface area contributed by atoms with Gasteiger partial charge in [-0.15, -0.1) is 0 Å². The fourth-order valence-corrected chi connectivity index (χ4v) is 4.13. The molecule has 0 atom stereocenters. The van der Waals surface area contributed by atoms with Crippen molar-refractivity contribution in [3.8, 4) is 5.75 Å². The molecule has 2 N–H and O–H groups in total. The molecule has 0 aliphatic heterocycles. The molecule has 0 unspecified atom stereocenters. The lowest BCUT2D eigenvalue weighted by atomic mass is 10.2. The van der Waals surface area contributed by atoms with Gasteiger partial charge in [-0.1, -0.05) is 36.4 Å². The van der Waals surface area contributed by atoms with Crippen LogP contribution in [0.15, 0.2) is 77.7 Å². The molecule has 7 heteroatoms. The molecule has 29 heavy (non-hydrogen) atoms. The smallest absolute Gasteiger partial charge is 0.262 e. The summed E-state index contributed by atoms with van der Waals surface area (Å²) in [5.74, 6) is 0.203. The zero-order valence-electron chi connectivity index (χ0n) is 16.2. The number of rotatable bonds is 7. The van der Waals surface area contributed by atoms with E-state index in [0.717, 1.165) is 0 Å². The van der Waals surface area contributed by atoms with E-state index in [0.29, 0.717) is 34.9 Å². The number of nitrogens with one attached hydrogen (secondary N) is 2. The molecule has 0 aliphatic rings. The minimum Gasteiger partial charge on any atom is -0.492 e. The van der Waals surface area contributed by atoms with E-state index in [-0.39, 0.29) is 10.8 Å². The fourth-order valence-electron chi connectivity index (χ4n) is 2.84. The van der Waals surface area contributed by atoms with Crippen molar-refractivity contribution < 1.29 is 17.9 Å². The minimum atomic E-state index is -3.76. The SMILES string of the molecule is CCOc1ccccc1NC(=O)c1cccc(NS(=O)(=O)c2ccccc2C)c1. The van der Waals surface area contributed by atoms with Crippen LogP contribution in [0.3, 0.4) is 0 Å². The Morgan fingerprint density at radius 3 is 2.45 bits per heavy atom. The topological polar surface area (TPSA) is 84.5 Å². The summed E-state index contributed by atoms with van der Waals surface area (Å²) in [4.78, 5) is 12.9. The average Bonchev–Trinajstić information content (AvgIpc) is 2.69. The first-order chi connectivity index (χ1) is 13.9. The molecule has 3 aromatic carbocycles. The maximum atomic E-state index is 12.7. The van der Waals surface area contributed by atoms with Gasteiger partial charge in [0, 0.05) is 11.3 Å². The van der Waals surface area contributed by atoms with E-state index in [1.807, 2.05) is 13.0 Å². The first-order valence-electron chi connectivity index (χ1n) is 9.12. The standard InChI is InChI=1S/C22H22N2O4S/c1-3-28-20-13-6-5-12-19(20)23-22(25)17-10-8-11-18(15-17)24-29(26,27)21-14-7-4-9-16(21)2/h4-15,24H,3H2,1-2H3,(H,23,25). The van der Waals surface area contributed by atoms with Gasteiger partial charge in [0.25, 0.3) is 15.9 Å². The fraction of sp³-hybridized carbons (Fsp3) is 0.136. The van der Waals surface area contributed by atoms with Crippen LogP contribution in [0, 0.1) is 6.92 Å². The number of benzene rings is 3. The van der Waals surface area contributed by atoms with E-state index < -0.39 is 10.0 Å². The average molecular weight is 410 g/mol. The van der Waals surface area contributed by atoms with Crippen molar-refractivity contribution in [2.45, 2.75) is 18.7 Å². The molecule has 150 valence electrons. The molecule has 3 rings (SSSR count). The molecule has 0 saturated heterocycles. The number of hydrogen-bond acceptors (Lipinski definition) is 4. The molecule has 0 bridgehead atoms. The second kappa shape index (κ2) is 8.79. The Labute approximate surface area is 170 Å². The highest BCUT2D eigenvalue weighted by Crippen LogP contribution is 2.25. The summed E-state index contributed by atoms with van der Waals surface area (Å²) in [6.07, 6.45) is 0. The summed E-state index contributed by atoms with van der Waals surface area (Å²) >= 11 is 0. The Kier molecular flexibility index (Phi) is 6.19. The summed E-state index contributed by atoms with van der Waals surface area (Å²) in [6.45, 7) is 4.07. The Morgan fingerprint density at radius 1 is 0.966 bits per heavy atom. The van der Waals surface area contributed by atoms with Gasteiger partial charge in [0.05, 0.1) is 17.2 Å². The number of amides is 1. The van der Waals surface area contributed by atoms with Gasteiger partial charge in [0.2, 0.25) is 0 Å². The molecule has 1 amide bonds. The molecule has 0 spiro atoms. The normalized spacial score (nSPS) is 11.0. The zero-order valence-corrected chi connectivity index (χ0v) is 17.0. The van der Waals surface area contributed by atoms with Crippen LogP contribution in [0.1, 0.15) is 22.8 Å². The zero-order chi connectivity index (χ0) is 20.9. The quantitative estimate of drug-likeness (QED) is 0.603. The predicted octanol–water partition coefficient (Wildman–Crippen LogP) is 4.45. The molecule has 0 aromatic heterocycles. The molecule has 6 nitrogen and oxygen atoms in total. The monoisotopic (exact) mass is 410 g/mol. The Balaban J connectivity index is 1.81. The van der Waals surface area contributed by atoms with Crippen molar-refractivity contribution >= 4 is 27.3 Å². The van der Waals surface area contributed by atoms with E-state index >= 15 is 0 Å². The molecule has 3 aromatic rings. The summed E-state index contributed by atoms with van der Waals surface area (Å²) in [5, 5.41) is 2.80. The largest absolute Gasteiger partial charge is 0.492 e. The van der Waals surface area contributed by atoms with Crippen LogP contribution in [-0.4, -0.2) is 20.9 Å². The molecule has 0 fully saturated rings. The Morgan fingerprint density at radius 2 is 1.69 bits per heavy atom. The van der Waals surface area contributed by atoms with Gasteiger partial charge in [0.1, 0.15) is 5.75 Å². The first kappa shape index (κ1) is 20.4. The summed E-state index contributed by atoms with van der Waals surface area (Å²) in [6, 6.07) is 20.2. The van der Waals surface area contributed by atoms with Crippen molar-refractivity contribution in [1.29, 1.82) is 0 Å². The molecular formula is C22H22N2O4S. The van der Waals surface area contributed by atoms with Crippen molar-refractivity contribution in [2.24, 2.45) is 0 Å². The number of carbonyl (C=O) groups is 1. The number of hydrogen-bond donors (Lipinski definition) is 2. The lowest BCUT2D eigenvalue weighted by molar-refractivity contribution is 0.102. The van der Waals surface area contributed by atoms with Crippen molar-refractivity contribution in [2.75, 3.05) is 16.6 Å². The van der Waals surface area contributed by atoms with Gasteiger partial charge < -0.3 is 10.1 Å². The van der Waals surface area contributed by atoms with Gasteiger partial charge in [-0.05, 0) is 55.8 Å². The third kappa shape index (κ3) is 4.94. The minimum absolute atomic E-state index is 0.195. The maximum Gasteiger partial charge on any atom is 0.262 e. The van der Waals surface area contributed by atoms with Crippen molar-refractivity contribution in [3.63, 3.8) is 0 Å². The van der Waals surface area contributed by atoms with Gasteiger partial charge in [-0.25, -0.2) is 8.42 Å². The Hall–Kier alpha value is -3.32. The van der Waals surface area contributed by atoms with Gasteiger partial charge in [0.15, 0.2) is 0 Å². The van der Waals surface area contributed by atoms with Crippen molar-refractivity contribution in [1.82, 2.24) is 0 Å². The number of sulfonamides is 1. The summed E-state index contributed by atoms with van der Waals surface area (Å²) in [7, 11) is -3.76. The van der Waals surface area contributed by atoms with Crippen molar-refractivity contribution in [3.05, 3.63) is 83.9 Å². The third-order valence-electron chi connectivity index (χ3n) is 4.20. The van der Waals surface area contributed by atoms with Crippen LogP contribution in [0.2, 0.25) is 0 Å². The van der Waals surface area contributed by atoms with Crippen LogP contribution in [-0.2, 0) is 10.0 Å². The van der Waals surface area contributed by atoms with Gasteiger partial charge in [-0.3, -0.25) is 9.52 Å². The van der Waals surface area contributed by atoms with E-state index in [9.17, 15) is 13.2 Å². The van der Waals surface area contributed by atoms with Gasteiger partial charge >= 0.3 is 0 Å². The highest BCUT2D eigenvalue weighted by molar-refractivity contribution is 7.92. The van der Waals surface area contributed by atoms with Crippen LogP contribution in [0.5, 0.6) is 5.75 Å². The van der Waals surface area contributed by atoms with Crippen LogP contribution < -0.4 is 14.8 Å². The number of aryl methyl sites for hydroxylation is 1. The lowest BCUT2D eigenvalue weighted by Gasteiger charge is -2.13. The van der Waals surface area contributed by atoms with E-state index in [1.165, 1.54) is 6.07 Å². The summed E-state index contributed by atoms with van der Waals surface area (Å²) in [5.41, 5.74) is 1.81. The highest BCUT2D eigenvalue weighted by atomic mass is 32.2. The second-order valence-corrected chi connectivity index (χ2v) is 7.99. The predicted molar refractivity (Wildman–Crippen MR) is 114 cm³/mol. The maximum absolute atomic E-state index is 12.7. The third-order valence-corrected chi connectivity index (χ3v) is 5.74. The van der Waals surface area contributed by atoms with Crippen LogP contribution >= 0.6 is 0 Å². The lowest BCUT2D eigenvalue weighted by Crippen LogP contribution is -2.16. The molecule has 0 heterocycles. The van der Waals surface area contributed by atoms with Crippen LogP contribution in [0.25, 0.3) is 0 Å². The number of anilines is 2. The first-order valence-corrected chi connectivity index (χ1v) is 10.6.